The number of benzene rings is 7. The van der Waals surface area contributed by atoms with Crippen LogP contribution in [0.15, 0.2) is 170 Å². The van der Waals surface area contributed by atoms with Gasteiger partial charge in [-0.3, -0.25) is 0 Å². The van der Waals surface area contributed by atoms with Gasteiger partial charge in [-0.15, -0.1) is 0 Å². The van der Waals surface area contributed by atoms with E-state index < -0.39 is 0 Å². The number of hydrogen-bond donors (Lipinski definition) is 0. The lowest BCUT2D eigenvalue weighted by atomic mass is 9.95. The van der Waals surface area contributed by atoms with E-state index in [0.29, 0.717) is 0 Å². The first-order valence-corrected chi connectivity index (χ1v) is 15.0. The molecule has 0 bridgehead atoms. The van der Waals surface area contributed by atoms with E-state index in [9.17, 15) is 0 Å². The van der Waals surface area contributed by atoms with Crippen molar-refractivity contribution in [2.75, 3.05) is 4.90 Å². The van der Waals surface area contributed by atoms with Gasteiger partial charge in [0.05, 0.1) is 5.69 Å². The molecule has 0 saturated carbocycles. The summed E-state index contributed by atoms with van der Waals surface area (Å²) in [6, 6.07) is 61.4. The second kappa shape index (κ2) is 11.8. The largest absolute Gasteiger partial charge is 0.309 e. The fourth-order valence-corrected chi connectivity index (χ4v) is 5.92. The van der Waals surface area contributed by atoms with Gasteiger partial charge in [0.15, 0.2) is 0 Å². The molecule has 1 nitrogen and oxygen atoms in total. The van der Waals surface area contributed by atoms with E-state index >= 15 is 0 Å². The van der Waals surface area contributed by atoms with E-state index in [0.717, 1.165) is 17.8 Å². The van der Waals surface area contributed by atoms with Crippen LogP contribution in [0.1, 0.15) is 12.5 Å². The average Bonchev–Trinajstić information content (AvgIpc) is 3.10. The molecule has 7 aromatic carbocycles. The van der Waals surface area contributed by atoms with Gasteiger partial charge in [0.2, 0.25) is 0 Å². The smallest absolute Gasteiger partial charge is 0.0618 e. The second-order valence-electron chi connectivity index (χ2n) is 10.9. The van der Waals surface area contributed by atoms with Gasteiger partial charge in [-0.1, -0.05) is 153 Å². The summed E-state index contributed by atoms with van der Waals surface area (Å²) in [5, 5.41) is 2.44. The topological polar surface area (TPSA) is 3.24 Å². The van der Waals surface area contributed by atoms with Crippen LogP contribution in [0.2, 0.25) is 0 Å². The van der Waals surface area contributed by atoms with E-state index in [1.165, 1.54) is 55.4 Å². The predicted molar refractivity (Wildman–Crippen MR) is 184 cm³/mol. The van der Waals surface area contributed by atoms with Gasteiger partial charge in [-0.2, -0.15) is 0 Å². The summed E-state index contributed by atoms with van der Waals surface area (Å²) >= 11 is 0. The first-order chi connectivity index (χ1) is 21.3. The molecule has 0 saturated heterocycles. The molecule has 0 aliphatic heterocycles. The lowest BCUT2D eigenvalue weighted by molar-refractivity contribution is 1.14. The molecule has 0 N–H and O–H groups in total. The molecule has 43 heavy (non-hydrogen) atoms. The Morgan fingerprint density at radius 3 is 1.40 bits per heavy atom. The SMILES string of the molecule is CCc1ccc(-c2ccc3ccccc3c2N(c2ccc(-c3ccccc3)cc2)c2ccc(-c3ccccc3)cc2)cc1. The zero-order valence-electron chi connectivity index (χ0n) is 24.3. The Bertz CT molecular complexity index is 1870. The summed E-state index contributed by atoms with van der Waals surface area (Å²) in [6.07, 6.45) is 1.03. The van der Waals surface area contributed by atoms with Crippen LogP contribution in [0.4, 0.5) is 17.1 Å². The molecule has 7 aromatic rings. The predicted octanol–water partition coefficient (Wildman–Crippen LogP) is 11.9. The Kier molecular flexibility index (Phi) is 7.29. The molecule has 0 aliphatic rings. The number of nitrogens with zero attached hydrogens (tertiary/aromatic N) is 1. The lowest BCUT2D eigenvalue weighted by Gasteiger charge is -2.30. The van der Waals surface area contributed by atoms with Crippen molar-refractivity contribution in [1.82, 2.24) is 0 Å². The van der Waals surface area contributed by atoms with Crippen molar-refractivity contribution < 1.29 is 0 Å². The summed E-state index contributed by atoms with van der Waals surface area (Å²) < 4.78 is 0. The van der Waals surface area contributed by atoms with Crippen LogP contribution in [0, 0.1) is 0 Å². The number of fused-ring (bicyclic) bond motifs is 1. The highest BCUT2D eigenvalue weighted by atomic mass is 15.1. The standard InChI is InChI=1S/C42H33N/c1-2-31-17-19-37(20-18-31)41-30-25-36-15-9-10-16-40(36)42(41)43(38-26-21-34(22-27-38)32-11-5-3-6-12-32)39-28-23-35(24-29-39)33-13-7-4-8-14-33/h3-30H,2H2,1H3. The van der Waals surface area contributed by atoms with E-state index in [2.05, 4.69) is 182 Å². The molecule has 0 amide bonds. The second-order valence-corrected chi connectivity index (χ2v) is 10.9. The Balaban J connectivity index is 1.44. The van der Waals surface area contributed by atoms with Crippen LogP contribution < -0.4 is 4.90 Å². The number of anilines is 3. The lowest BCUT2D eigenvalue weighted by Crippen LogP contribution is -2.12. The minimum Gasteiger partial charge on any atom is -0.309 e. The molecule has 206 valence electrons. The minimum absolute atomic E-state index is 1.03. The van der Waals surface area contributed by atoms with Crippen molar-refractivity contribution >= 4 is 27.8 Å². The van der Waals surface area contributed by atoms with Gasteiger partial charge in [0.25, 0.3) is 0 Å². The van der Waals surface area contributed by atoms with Crippen LogP contribution in [-0.4, -0.2) is 0 Å². The third kappa shape index (κ3) is 5.34. The summed E-state index contributed by atoms with van der Waals surface area (Å²) in [5.41, 5.74) is 12.0. The van der Waals surface area contributed by atoms with Crippen LogP contribution >= 0.6 is 0 Å². The summed E-state index contributed by atoms with van der Waals surface area (Å²) in [4.78, 5) is 2.43. The molecule has 0 unspecified atom stereocenters. The molecule has 0 aromatic heterocycles. The van der Waals surface area contributed by atoms with Crippen molar-refractivity contribution in [3.05, 3.63) is 175 Å². The molecule has 0 radical (unpaired) electrons. The summed E-state index contributed by atoms with van der Waals surface area (Å²) in [6.45, 7) is 2.20. The fourth-order valence-electron chi connectivity index (χ4n) is 5.92. The highest BCUT2D eigenvalue weighted by molar-refractivity contribution is 6.06. The third-order valence-corrected chi connectivity index (χ3v) is 8.26. The molecule has 7 rings (SSSR count). The molecule has 1 heteroatoms. The van der Waals surface area contributed by atoms with Crippen LogP contribution in [0.3, 0.4) is 0 Å². The summed E-state index contributed by atoms with van der Waals surface area (Å²) in [7, 11) is 0. The molecule has 0 spiro atoms. The monoisotopic (exact) mass is 551 g/mol. The molecule has 0 atom stereocenters. The maximum absolute atomic E-state index is 2.43. The quantitative estimate of drug-likeness (QED) is 0.190. The van der Waals surface area contributed by atoms with Gasteiger partial charge in [-0.25, -0.2) is 0 Å². The molecule has 0 heterocycles. The minimum atomic E-state index is 1.03. The van der Waals surface area contributed by atoms with Gasteiger partial charge >= 0.3 is 0 Å². The van der Waals surface area contributed by atoms with E-state index in [1.807, 2.05) is 0 Å². The van der Waals surface area contributed by atoms with Crippen molar-refractivity contribution in [1.29, 1.82) is 0 Å². The van der Waals surface area contributed by atoms with Crippen molar-refractivity contribution in [2.45, 2.75) is 13.3 Å². The summed E-state index contributed by atoms with van der Waals surface area (Å²) in [5.74, 6) is 0. The number of aryl methyl sites for hydroxylation is 1. The third-order valence-electron chi connectivity index (χ3n) is 8.26. The Labute approximate surface area is 254 Å². The Morgan fingerprint density at radius 1 is 0.395 bits per heavy atom. The zero-order chi connectivity index (χ0) is 29.0. The first kappa shape index (κ1) is 26.5. The maximum atomic E-state index is 2.43. The Hall–Kier alpha value is -5.40. The molecular formula is C42H33N. The Morgan fingerprint density at radius 2 is 0.860 bits per heavy atom. The molecule has 0 aliphatic carbocycles. The van der Waals surface area contributed by atoms with Crippen LogP contribution in [-0.2, 0) is 6.42 Å². The maximum Gasteiger partial charge on any atom is 0.0618 e. The van der Waals surface area contributed by atoms with Crippen LogP contribution in [0.25, 0.3) is 44.2 Å². The van der Waals surface area contributed by atoms with Crippen molar-refractivity contribution in [3.63, 3.8) is 0 Å². The molecule has 0 fully saturated rings. The van der Waals surface area contributed by atoms with Crippen molar-refractivity contribution in [3.8, 4) is 33.4 Å². The first-order valence-electron chi connectivity index (χ1n) is 15.0. The average molecular weight is 552 g/mol. The van der Waals surface area contributed by atoms with Gasteiger partial charge in [0.1, 0.15) is 0 Å². The van der Waals surface area contributed by atoms with Gasteiger partial charge in [-0.05, 0) is 69.5 Å². The fraction of sp³-hybridized carbons (Fsp3) is 0.0476. The van der Waals surface area contributed by atoms with E-state index in [-0.39, 0.29) is 0 Å². The molecular weight excluding hydrogens is 518 g/mol. The normalized spacial score (nSPS) is 11.0. The zero-order valence-corrected chi connectivity index (χ0v) is 24.3. The van der Waals surface area contributed by atoms with E-state index in [4.69, 9.17) is 0 Å². The number of rotatable bonds is 7. The highest BCUT2D eigenvalue weighted by Crippen LogP contribution is 2.45. The van der Waals surface area contributed by atoms with Crippen molar-refractivity contribution in [2.24, 2.45) is 0 Å². The van der Waals surface area contributed by atoms with Gasteiger partial charge < -0.3 is 4.90 Å². The highest BCUT2D eigenvalue weighted by Gasteiger charge is 2.20. The number of hydrogen-bond acceptors (Lipinski definition) is 1. The van der Waals surface area contributed by atoms with Crippen LogP contribution in [0.5, 0.6) is 0 Å². The van der Waals surface area contributed by atoms with E-state index in [1.54, 1.807) is 0 Å². The van der Waals surface area contributed by atoms with Gasteiger partial charge in [0, 0.05) is 22.3 Å².